The molecule has 0 saturated heterocycles. The Morgan fingerprint density at radius 3 is 1.23 bits per heavy atom. The van der Waals surface area contributed by atoms with E-state index in [2.05, 4.69) is 72.1 Å². The second-order valence-electron chi connectivity index (χ2n) is 6.49. The third-order valence-corrected chi connectivity index (χ3v) is 4.30. The van der Waals surface area contributed by atoms with Crippen LogP contribution in [0.4, 0.5) is 0 Å². The first-order chi connectivity index (χ1) is 11.8. The zero-order valence-electron chi connectivity index (χ0n) is 14.5. The van der Waals surface area contributed by atoms with Gasteiger partial charge in [0.2, 0.25) is 0 Å². The van der Waals surface area contributed by atoms with Gasteiger partial charge in [0, 0.05) is 24.7 Å². The first-order valence-corrected chi connectivity index (χ1v) is 9.76. The van der Waals surface area contributed by atoms with Crippen LogP contribution in [-0.2, 0) is 4.57 Å². The van der Waals surface area contributed by atoms with E-state index in [1.807, 2.05) is 0 Å². The molecule has 0 amide bonds. The lowest BCUT2D eigenvalue weighted by Crippen LogP contribution is -2.53. The van der Waals surface area contributed by atoms with Crippen molar-refractivity contribution in [3.8, 4) is 0 Å². The standard InChI is InChI=1S/2C9H11N.H3O4P.H2O/c2*10-9-6-8(9)7-4-2-1-3-5-7;1-5(2,3)4;/h2*1-5,8-9H,6,10H2;(H3,1,2,3,4);1H2. The van der Waals surface area contributed by atoms with Crippen molar-refractivity contribution in [3.63, 3.8) is 0 Å². The van der Waals surface area contributed by atoms with E-state index in [4.69, 9.17) is 19.2 Å². The molecule has 4 atom stereocenters. The Hall–Kier alpha value is -1.57. The van der Waals surface area contributed by atoms with Crippen molar-refractivity contribution in [2.75, 3.05) is 0 Å². The van der Waals surface area contributed by atoms with E-state index in [1.165, 1.54) is 24.0 Å². The Morgan fingerprint density at radius 2 is 1.04 bits per heavy atom. The maximum absolute atomic E-state index is 8.66. The summed E-state index contributed by atoms with van der Waals surface area (Å²) < 4.78 is 8.66. The quantitative estimate of drug-likeness (QED) is 0.540. The van der Waals surface area contributed by atoms with Gasteiger partial charge in [0.25, 0.3) is 0 Å². The second kappa shape index (κ2) is 9.94. The van der Waals surface area contributed by atoms with Gasteiger partial charge in [-0.3, -0.25) is 0 Å². The fourth-order valence-electron chi connectivity index (χ4n) is 2.71. The molecule has 9 N–H and O–H groups in total. The highest BCUT2D eigenvalue weighted by atomic mass is 31.2. The van der Waals surface area contributed by atoms with Crippen molar-refractivity contribution >= 4 is 7.82 Å². The van der Waals surface area contributed by atoms with Crippen molar-refractivity contribution in [2.45, 2.75) is 36.8 Å². The first-order valence-electron chi connectivity index (χ1n) is 8.26. The van der Waals surface area contributed by atoms with Crippen LogP contribution in [0.3, 0.4) is 0 Å². The number of rotatable bonds is 2. The largest absolute Gasteiger partial charge is 0.790 e. The average Bonchev–Trinajstić information content (AvgIpc) is 3.47. The average molecular weight is 382 g/mol. The van der Waals surface area contributed by atoms with Gasteiger partial charge in [0.1, 0.15) is 0 Å². The van der Waals surface area contributed by atoms with Crippen LogP contribution in [0.5, 0.6) is 0 Å². The van der Waals surface area contributed by atoms with Gasteiger partial charge in [-0.1, -0.05) is 60.7 Å². The van der Waals surface area contributed by atoms with Gasteiger partial charge in [-0.05, 0) is 11.1 Å². The van der Waals surface area contributed by atoms with Crippen LogP contribution in [0, 0.1) is 0 Å². The molecule has 26 heavy (non-hydrogen) atoms. The van der Waals surface area contributed by atoms with Crippen molar-refractivity contribution in [1.29, 1.82) is 0 Å². The van der Waals surface area contributed by atoms with Crippen LogP contribution in [0.15, 0.2) is 60.7 Å². The highest BCUT2D eigenvalue weighted by Gasteiger charge is 2.39. The monoisotopic (exact) mass is 382 g/mol. The topological polar surface area (TPSA) is 170 Å². The number of benzene rings is 2. The van der Waals surface area contributed by atoms with Crippen LogP contribution in [0.2, 0.25) is 0 Å². The number of hydrogen-bond acceptors (Lipinski definition) is 3. The minimum atomic E-state index is -5.14. The van der Waals surface area contributed by atoms with E-state index in [0.29, 0.717) is 12.1 Å². The molecule has 2 fully saturated rings. The lowest BCUT2D eigenvalue weighted by molar-refractivity contribution is -0.387. The lowest BCUT2D eigenvalue weighted by atomic mass is 10.1. The molecule has 2 aliphatic carbocycles. The summed E-state index contributed by atoms with van der Waals surface area (Å²) in [5, 5.41) is 0. The van der Waals surface area contributed by atoms with E-state index in [-0.39, 0.29) is 5.48 Å². The number of phosphoric acid groups is 1. The molecule has 7 nitrogen and oxygen atoms in total. The molecule has 8 heteroatoms. The summed E-state index contributed by atoms with van der Waals surface area (Å²) in [6, 6.07) is 22.6. The minimum absolute atomic E-state index is 0. The molecule has 4 rings (SSSR count). The van der Waals surface area contributed by atoms with E-state index in [9.17, 15) is 0 Å². The Bertz CT molecular complexity index is 635. The molecule has 0 bridgehead atoms. The van der Waals surface area contributed by atoms with Gasteiger partial charge < -0.3 is 36.2 Å². The second-order valence-corrected chi connectivity index (χ2v) is 7.43. The van der Waals surface area contributed by atoms with E-state index in [1.54, 1.807) is 0 Å². The highest BCUT2D eigenvalue weighted by Crippen LogP contribution is 2.37. The van der Waals surface area contributed by atoms with Gasteiger partial charge in [0.15, 0.2) is 0 Å². The van der Waals surface area contributed by atoms with Crippen LogP contribution < -0.4 is 21.3 Å². The van der Waals surface area contributed by atoms with Crippen LogP contribution in [-0.4, -0.2) is 22.5 Å². The fourth-order valence-corrected chi connectivity index (χ4v) is 2.71. The van der Waals surface area contributed by atoms with Gasteiger partial charge in [0.05, 0.1) is 19.9 Å². The predicted octanol–water partition coefficient (Wildman–Crippen LogP) is -1.45. The maximum atomic E-state index is 8.66. The molecule has 4 unspecified atom stereocenters. The first kappa shape index (κ1) is 22.5. The highest BCUT2D eigenvalue weighted by molar-refractivity contribution is 7.42. The number of quaternary nitrogens is 2. The molecule has 144 valence electrons. The van der Waals surface area contributed by atoms with Gasteiger partial charge in [-0.2, -0.15) is 0 Å². The summed E-state index contributed by atoms with van der Waals surface area (Å²) >= 11 is 0. The van der Waals surface area contributed by atoms with Crippen LogP contribution in [0.1, 0.15) is 35.8 Å². The molecule has 2 aliphatic rings. The fraction of sp³-hybridized carbons (Fsp3) is 0.333. The molecule has 2 aromatic carbocycles. The third kappa shape index (κ3) is 8.69. The van der Waals surface area contributed by atoms with Crippen LogP contribution in [0.25, 0.3) is 0 Å². The Kier molecular flexibility index (Phi) is 8.59. The van der Waals surface area contributed by atoms with Crippen molar-refractivity contribution < 1.29 is 36.2 Å². The molecule has 0 radical (unpaired) electrons. The normalized spacial score (nSPS) is 25.4. The summed E-state index contributed by atoms with van der Waals surface area (Å²) in [5.41, 5.74) is 10.9. The Morgan fingerprint density at radius 1 is 0.808 bits per heavy atom. The Labute approximate surface area is 153 Å². The molecular formula is C18H27N2O5P. The van der Waals surface area contributed by atoms with Gasteiger partial charge in [-0.15, -0.1) is 0 Å². The molecule has 0 spiro atoms. The summed E-state index contributed by atoms with van der Waals surface area (Å²) in [5.74, 6) is 1.53. The maximum Gasteiger partial charge on any atom is 0.0923 e. The molecule has 0 heterocycles. The SMILES string of the molecule is O.O=P([O-])([O-])O.[NH3+]C1CC1c1ccccc1.[NH3+]C1CC1c1ccccc1. The smallest absolute Gasteiger partial charge is 0.0923 e. The van der Waals surface area contributed by atoms with Gasteiger partial charge >= 0.3 is 0 Å². The van der Waals surface area contributed by atoms with E-state index in [0.717, 1.165) is 11.8 Å². The molecule has 2 saturated carbocycles. The van der Waals surface area contributed by atoms with Gasteiger partial charge in [-0.25, -0.2) is 0 Å². The Balaban J connectivity index is 0.000000204. The summed E-state index contributed by atoms with van der Waals surface area (Å²) in [7, 11) is -5.14. The predicted molar refractivity (Wildman–Crippen MR) is 94.4 cm³/mol. The minimum Gasteiger partial charge on any atom is -0.790 e. The zero-order valence-corrected chi connectivity index (χ0v) is 15.4. The molecule has 0 aromatic heterocycles. The van der Waals surface area contributed by atoms with E-state index >= 15 is 0 Å². The number of hydrogen-bond donors (Lipinski definition) is 3. The summed E-state index contributed by atoms with van der Waals surface area (Å²) in [4.78, 5) is 24.3. The van der Waals surface area contributed by atoms with Crippen molar-refractivity contribution in [2.24, 2.45) is 0 Å². The molecule has 2 aromatic rings. The third-order valence-electron chi connectivity index (χ3n) is 4.30. The summed E-state index contributed by atoms with van der Waals surface area (Å²) in [6.07, 6.45) is 2.56. The zero-order chi connectivity index (χ0) is 18.4. The molecule has 0 aliphatic heterocycles. The molecular weight excluding hydrogens is 355 g/mol. The van der Waals surface area contributed by atoms with Crippen LogP contribution >= 0.6 is 7.82 Å². The summed E-state index contributed by atoms with van der Waals surface area (Å²) in [6.45, 7) is 0. The lowest BCUT2D eigenvalue weighted by Gasteiger charge is -2.19. The van der Waals surface area contributed by atoms with E-state index < -0.39 is 7.82 Å². The van der Waals surface area contributed by atoms with Crippen molar-refractivity contribution in [3.05, 3.63) is 71.8 Å². The van der Waals surface area contributed by atoms with Crippen molar-refractivity contribution in [1.82, 2.24) is 0 Å².